The van der Waals surface area contributed by atoms with E-state index in [-0.39, 0.29) is 5.91 Å². The van der Waals surface area contributed by atoms with Crippen LogP contribution in [0.3, 0.4) is 0 Å². The van der Waals surface area contributed by atoms with Crippen LogP contribution in [0.1, 0.15) is 29.5 Å². The van der Waals surface area contributed by atoms with Gasteiger partial charge >= 0.3 is 0 Å². The van der Waals surface area contributed by atoms with Gasteiger partial charge in [0.25, 0.3) is 5.91 Å². The predicted molar refractivity (Wildman–Crippen MR) is 58.9 cm³/mol. The molecule has 1 rings (SSSR count). The fourth-order valence-electron chi connectivity index (χ4n) is 1.25. The fourth-order valence-corrected chi connectivity index (χ4v) is 1.25. The third-order valence-corrected chi connectivity index (χ3v) is 2.08. The number of furan rings is 1. The third-order valence-electron chi connectivity index (χ3n) is 2.08. The normalized spacial score (nSPS) is 10.3. The molecule has 1 aromatic heterocycles. The lowest BCUT2D eigenvalue weighted by Gasteiger charge is -2.04. The summed E-state index contributed by atoms with van der Waals surface area (Å²) in [7, 11) is 0. The first-order chi connectivity index (χ1) is 7.25. The number of carbonyl (C=O) groups excluding carboxylic acids is 1. The Morgan fingerprint density at radius 3 is 2.80 bits per heavy atom. The maximum atomic E-state index is 11.5. The Hall–Kier alpha value is -1.29. The van der Waals surface area contributed by atoms with Crippen LogP contribution in [0, 0.1) is 6.92 Å². The third kappa shape index (κ3) is 3.75. The van der Waals surface area contributed by atoms with Crippen LogP contribution in [0.25, 0.3) is 0 Å². The van der Waals surface area contributed by atoms with Gasteiger partial charge in [-0.05, 0) is 26.0 Å². The molecule has 0 aliphatic carbocycles. The van der Waals surface area contributed by atoms with Crippen molar-refractivity contribution in [1.29, 1.82) is 0 Å². The van der Waals surface area contributed by atoms with Crippen LogP contribution in [0.2, 0.25) is 0 Å². The summed E-state index contributed by atoms with van der Waals surface area (Å²) >= 11 is 0. The van der Waals surface area contributed by atoms with E-state index in [1.807, 2.05) is 6.92 Å². The number of aryl methyl sites for hydroxylation is 1. The Morgan fingerprint density at radius 1 is 1.40 bits per heavy atom. The van der Waals surface area contributed by atoms with Gasteiger partial charge in [-0.1, -0.05) is 6.92 Å². The van der Waals surface area contributed by atoms with Gasteiger partial charge in [-0.2, -0.15) is 0 Å². The van der Waals surface area contributed by atoms with E-state index in [4.69, 9.17) is 4.42 Å². The number of amides is 1. The molecule has 0 spiro atoms. The lowest BCUT2D eigenvalue weighted by Crippen LogP contribution is -2.32. The molecule has 4 heteroatoms. The van der Waals surface area contributed by atoms with Crippen molar-refractivity contribution in [2.75, 3.05) is 19.6 Å². The number of carbonyl (C=O) groups is 1. The highest BCUT2D eigenvalue weighted by Crippen LogP contribution is 2.07. The van der Waals surface area contributed by atoms with Gasteiger partial charge < -0.3 is 15.1 Å². The van der Waals surface area contributed by atoms with Gasteiger partial charge in [-0.25, -0.2) is 0 Å². The number of hydrogen-bond acceptors (Lipinski definition) is 3. The van der Waals surface area contributed by atoms with E-state index in [0.29, 0.717) is 12.3 Å². The van der Waals surface area contributed by atoms with Crippen LogP contribution < -0.4 is 10.6 Å². The molecular weight excluding hydrogens is 192 g/mol. The first kappa shape index (κ1) is 11.8. The lowest BCUT2D eigenvalue weighted by atomic mass is 10.3. The number of nitrogens with one attached hydrogen (secondary N) is 2. The van der Waals surface area contributed by atoms with E-state index < -0.39 is 0 Å². The van der Waals surface area contributed by atoms with Crippen LogP contribution in [0.5, 0.6) is 0 Å². The Labute approximate surface area is 90.0 Å². The monoisotopic (exact) mass is 210 g/mol. The standard InChI is InChI=1S/C11H18N2O2/c1-3-5-12-6-7-13-11(14)10-9(2)4-8-15-10/h4,8,12H,3,5-7H2,1-2H3,(H,13,14). The van der Waals surface area contributed by atoms with E-state index >= 15 is 0 Å². The maximum absolute atomic E-state index is 11.5. The van der Waals surface area contributed by atoms with Crippen molar-refractivity contribution in [1.82, 2.24) is 10.6 Å². The molecule has 2 N–H and O–H groups in total. The second-order valence-corrected chi connectivity index (χ2v) is 3.44. The highest BCUT2D eigenvalue weighted by atomic mass is 16.3. The summed E-state index contributed by atoms with van der Waals surface area (Å²) < 4.78 is 5.07. The Kier molecular flexibility index (Phi) is 4.90. The first-order valence-corrected chi connectivity index (χ1v) is 5.28. The average Bonchev–Trinajstić information content (AvgIpc) is 2.64. The zero-order valence-corrected chi connectivity index (χ0v) is 9.30. The van der Waals surface area contributed by atoms with Gasteiger partial charge in [0.05, 0.1) is 6.26 Å². The fraction of sp³-hybridized carbons (Fsp3) is 0.545. The molecule has 0 atom stereocenters. The van der Waals surface area contributed by atoms with Crippen molar-refractivity contribution in [2.45, 2.75) is 20.3 Å². The molecule has 0 saturated heterocycles. The van der Waals surface area contributed by atoms with Crippen LogP contribution >= 0.6 is 0 Å². The summed E-state index contributed by atoms with van der Waals surface area (Å²) in [6.45, 7) is 6.36. The highest BCUT2D eigenvalue weighted by molar-refractivity contribution is 5.92. The molecule has 4 nitrogen and oxygen atoms in total. The van der Waals surface area contributed by atoms with Gasteiger partial charge in [-0.3, -0.25) is 4.79 Å². The molecule has 0 unspecified atom stereocenters. The van der Waals surface area contributed by atoms with Crippen LogP contribution in [0.15, 0.2) is 16.7 Å². The molecule has 0 fully saturated rings. The topological polar surface area (TPSA) is 54.3 Å². The molecule has 15 heavy (non-hydrogen) atoms. The molecule has 0 saturated carbocycles. The van der Waals surface area contributed by atoms with Crippen molar-refractivity contribution >= 4 is 5.91 Å². The predicted octanol–water partition coefficient (Wildman–Crippen LogP) is 1.32. The van der Waals surface area contributed by atoms with E-state index in [2.05, 4.69) is 17.6 Å². The number of rotatable bonds is 6. The van der Waals surface area contributed by atoms with Gasteiger partial charge in [0, 0.05) is 18.7 Å². The Morgan fingerprint density at radius 2 is 2.20 bits per heavy atom. The molecule has 84 valence electrons. The molecule has 0 aliphatic rings. The van der Waals surface area contributed by atoms with E-state index in [0.717, 1.165) is 25.1 Å². The van der Waals surface area contributed by atoms with Crippen molar-refractivity contribution in [3.05, 3.63) is 23.7 Å². The first-order valence-electron chi connectivity index (χ1n) is 5.28. The van der Waals surface area contributed by atoms with Crippen LogP contribution in [-0.2, 0) is 0 Å². The highest BCUT2D eigenvalue weighted by Gasteiger charge is 2.10. The van der Waals surface area contributed by atoms with Crippen molar-refractivity contribution in [3.63, 3.8) is 0 Å². The molecule has 1 amide bonds. The van der Waals surface area contributed by atoms with Crippen LogP contribution in [-0.4, -0.2) is 25.5 Å². The molecule has 0 aliphatic heterocycles. The summed E-state index contributed by atoms with van der Waals surface area (Å²) in [5.41, 5.74) is 0.869. The Bertz CT molecular complexity index is 307. The minimum atomic E-state index is -0.143. The zero-order valence-electron chi connectivity index (χ0n) is 9.30. The van der Waals surface area contributed by atoms with E-state index in [1.54, 1.807) is 6.07 Å². The molecule has 1 aromatic rings. The number of hydrogen-bond donors (Lipinski definition) is 2. The largest absolute Gasteiger partial charge is 0.459 e. The van der Waals surface area contributed by atoms with Gasteiger partial charge in [0.15, 0.2) is 5.76 Å². The molecular formula is C11H18N2O2. The SMILES string of the molecule is CCCNCCNC(=O)c1occc1C. The van der Waals surface area contributed by atoms with Crippen molar-refractivity contribution in [2.24, 2.45) is 0 Å². The quantitative estimate of drug-likeness (QED) is 0.696. The molecule has 0 aromatic carbocycles. The second-order valence-electron chi connectivity index (χ2n) is 3.44. The summed E-state index contributed by atoms with van der Waals surface area (Å²) in [6, 6.07) is 1.78. The van der Waals surface area contributed by atoms with Gasteiger partial charge in [0.2, 0.25) is 0 Å². The summed E-state index contributed by atoms with van der Waals surface area (Å²) in [6.07, 6.45) is 2.63. The smallest absolute Gasteiger partial charge is 0.287 e. The molecule has 1 heterocycles. The molecule has 0 radical (unpaired) electrons. The van der Waals surface area contributed by atoms with Crippen molar-refractivity contribution < 1.29 is 9.21 Å². The second kappa shape index (κ2) is 6.24. The van der Waals surface area contributed by atoms with Crippen molar-refractivity contribution in [3.8, 4) is 0 Å². The van der Waals surface area contributed by atoms with E-state index in [1.165, 1.54) is 6.26 Å². The zero-order chi connectivity index (χ0) is 11.1. The van der Waals surface area contributed by atoms with Gasteiger partial charge in [0.1, 0.15) is 0 Å². The average molecular weight is 210 g/mol. The minimum Gasteiger partial charge on any atom is -0.459 e. The molecule has 0 bridgehead atoms. The minimum absolute atomic E-state index is 0.143. The Balaban J connectivity index is 2.22. The summed E-state index contributed by atoms with van der Waals surface area (Å²) in [4.78, 5) is 11.5. The van der Waals surface area contributed by atoms with Crippen LogP contribution in [0.4, 0.5) is 0 Å². The maximum Gasteiger partial charge on any atom is 0.287 e. The summed E-state index contributed by atoms with van der Waals surface area (Å²) in [5, 5.41) is 5.99. The lowest BCUT2D eigenvalue weighted by molar-refractivity contribution is 0.0925. The summed E-state index contributed by atoms with van der Waals surface area (Å²) in [5.74, 6) is 0.265. The van der Waals surface area contributed by atoms with Gasteiger partial charge in [-0.15, -0.1) is 0 Å². The van der Waals surface area contributed by atoms with E-state index in [9.17, 15) is 4.79 Å².